The number of sulfone groups is 1. The molecule has 0 atom stereocenters. The quantitative estimate of drug-likeness (QED) is 0.661. The highest BCUT2D eigenvalue weighted by atomic mass is 32.2. The Balaban J connectivity index is 2.50. The molecular weight excluding hydrogens is 323 g/mol. The van der Waals surface area contributed by atoms with Crippen LogP contribution in [-0.4, -0.2) is 30.9 Å². The zero-order chi connectivity index (χ0) is 17.2. The van der Waals surface area contributed by atoms with Crippen molar-refractivity contribution in [1.82, 2.24) is 0 Å². The Labute approximate surface area is 132 Å². The normalized spacial score (nSPS) is 12.2. The second-order valence-electron chi connectivity index (χ2n) is 4.87. The molecule has 120 valence electrons. The number of phenols is 1. The Morgan fingerprint density at radius 2 is 1.74 bits per heavy atom. The van der Waals surface area contributed by atoms with Gasteiger partial charge < -0.3 is 10.2 Å². The molecule has 2 N–H and O–H groups in total. The Kier molecular flexibility index (Phi) is 4.51. The fourth-order valence-electron chi connectivity index (χ4n) is 1.94. The van der Waals surface area contributed by atoms with Crippen LogP contribution < -0.4 is 0 Å². The lowest BCUT2D eigenvalue weighted by atomic mass is 10.0. The van der Waals surface area contributed by atoms with Crippen molar-refractivity contribution in [3.8, 4) is 5.75 Å². The molecule has 0 spiro atoms. The molecule has 0 bridgehead atoms. The summed E-state index contributed by atoms with van der Waals surface area (Å²) in [5.41, 5.74) is 0.0272. The van der Waals surface area contributed by atoms with Gasteiger partial charge in [0.2, 0.25) is 0 Å². The molecule has 0 saturated carbocycles. The van der Waals surface area contributed by atoms with Crippen LogP contribution in [0.3, 0.4) is 0 Å². The van der Waals surface area contributed by atoms with Crippen LogP contribution >= 0.6 is 0 Å². The minimum atomic E-state index is -3.39. The van der Waals surface area contributed by atoms with Crippen LogP contribution in [0.15, 0.2) is 47.4 Å². The van der Waals surface area contributed by atoms with E-state index in [0.717, 1.165) is 18.4 Å². The van der Waals surface area contributed by atoms with E-state index >= 15 is 0 Å². The van der Waals surface area contributed by atoms with Gasteiger partial charge in [-0.2, -0.15) is 0 Å². The highest BCUT2D eigenvalue weighted by Crippen LogP contribution is 2.23. The van der Waals surface area contributed by atoms with E-state index in [2.05, 4.69) is 0 Å². The first kappa shape index (κ1) is 16.7. The van der Waals surface area contributed by atoms with E-state index in [1.807, 2.05) is 0 Å². The molecule has 0 radical (unpaired) electrons. The molecule has 0 aliphatic rings. The van der Waals surface area contributed by atoms with Crippen LogP contribution in [-0.2, 0) is 14.6 Å². The first-order valence-electron chi connectivity index (χ1n) is 6.42. The molecular formula is C16H13FO5S. The predicted molar refractivity (Wildman–Crippen MR) is 83.1 cm³/mol. The first-order chi connectivity index (χ1) is 10.7. The molecule has 0 heterocycles. The first-order valence-corrected chi connectivity index (χ1v) is 8.31. The number of halogens is 1. The highest BCUT2D eigenvalue weighted by molar-refractivity contribution is 7.90. The molecule has 0 saturated heterocycles. The lowest BCUT2D eigenvalue weighted by Crippen LogP contribution is -2.02. The summed E-state index contributed by atoms with van der Waals surface area (Å²) in [4.78, 5) is 11.5. The van der Waals surface area contributed by atoms with E-state index < -0.39 is 21.6 Å². The van der Waals surface area contributed by atoms with Crippen molar-refractivity contribution in [2.75, 3.05) is 6.26 Å². The standard InChI is InChI=1S/C16H13FO5S/c1-23(21,22)13-6-3-10(4-7-13)14(16(19)20)8-11-2-5-12(18)9-15(11)17/h2-9,18H,1H3,(H,19,20)/b14-8+. The van der Waals surface area contributed by atoms with Gasteiger partial charge in [-0.25, -0.2) is 17.6 Å². The molecule has 0 fully saturated rings. The lowest BCUT2D eigenvalue weighted by molar-refractivity contribution is -0.130. The smallest absolute Gasteiger partial charge is 0.336 e. The van der Waals surface area contributed by atoms with E-state index in [9.17, 15) is 27.8 Å². The SMILES string of the molecule is CS(=O)(=O)c1ccc(/C(=C\c2ccc(O)cc2F)C(=O)O)cc1. The maximum absolute atomic E-state index is 13.7. The largest absolute Gasteiger partial charge is 0.508 e. The number of carboxylic acids is 1. The minimum Gasteiger partial charge on any atom is -0.508 e. The fourth-order valence-corrected chi connectivity index (χ4v) is 2.57. The number of aromatic hydroxyl groups is 1. The number of rotatable bonds is 4. The summed E-state index contributed by atoms with van der Waals surface area (Å²) < 4.78 is 36.6. The number of hydrogen-bond acceptors (Lipinski definition) is 4. The highest BCUT2D eigenvalue weighted by Gasteiger charge is 2.14. The Morgan fingerprint density at radius 3 is 2.22 bits per heavy atom. The van der Waals surface area contributed by atoms with E-state index in [1.165, 1.54) is 36.4 Å². The average Bonchev–Trinajstić information content (AvgIpc) is 2.45. The second-order valence-corrected chi connectivity index (χ2v) is 6.88. The summed E-state index contributed by atoms with van der Waals surface area (Å²) in [7, 11) is -3.39. The third kappa shape index (κ3) is 3.95. The molecule has 2 aromatic rings. The second kappa shape index (κ2) is 6.21. The molecule has 2 rings (SSSR count). The summed E-state index contributed by atoms with van der Waals surface area (Å²) in [5, 5.41) is 18.5. The van der Waals surface area contributed by atoms with Gasteiger partial charge in [0.05, 0.1) is 10.5 Å². The number of hydrogen-bond donors (Lipinski definition) is 2. The van der Waals surface area contributed by atoms with E-state index in [0.29, 0.717) is 0 Å². The molecule has 0 unspecified atom stereocenters. The molecule has 0 aliphatic heterocycles. The van der Waals surface area contributed by atoms with E-state index in [4.69, 9.17) is 0 Å². The third-order valence-electron chi connectivity index (χ3n) is 3.11. The topological polar surface area (TPSA) is 91.7 Å². The van der Waals surface area contributed by atoms with Gasteiger partial charge in [0.15, 0.2) is 9.84 Å². The molecule has 0 amide bonds. The van der Waals surface area contributed by atoms with Crippen molar-refractivity contribution in [2.45, 2.75) is 4.90 Å². The Bertz CT molecular complexity index is 883. The van der Waals surface area contributed by atoms with Crippen molar-refractivity contribution in [3.05, 3.63) is 59.4 Å². The Morgan fingerprint density at radius 1 is 1.13 bits per heavy atom. The van der Waals surface area contributed by atoms with Crippen LogP contribution in [0.4, 0.5) is 4.39 Å². The summed E-state index contributed by atoms with van der Waals surface area (Å²) in [6.07, 6.45) is 2.16. The molecule has 7 heteroatoms. The van der Waals surface area contributed by atoms with Gasteiger partial charge in [-0.15, -0.1) is 0 Å². The number of benzene rings is 2. The molecule has 23 heavy (non-hydrogen) atoms. The molecule has 5 nitrogen and oxygen atoms in total. The van der Waals surface area contributed by atoms with Crippen molar-refractivity contribution < 1.29 is 27.8 Å². The summed E-state index contributed by atoms with van der Waals surface area (Å²) in [6.45, 7) is 0. The van der Waals surface area contributed by atoms with Crippen LogP contribution in [0, 0.1) is 5.82 Å². The van der Waals surface area contributed by atoms with Crippen LogP contribution in [0.5, 0.6) is 5.75 Å². The number of carboxylic acid groups (broad SMARTS) is 1. The van der Waals surface area contributed by atoms with Crippen molar-refractivity contribution in [3.63, 3.8) is 0 Å². The molecule has 0 aromatic heterocycles. The van der Waals surface area contributed by atoms with Crippen LogP contribution in [0.1, 0.15) is 11.1 Å². The number of phenolic OH excluding ortho intramolecular Hbond substituents is 1. The van der Waals surface area contributed by atoms with Gasteiger partial charge in [-0.1, -0.05) is 12.1 Å². The predicted octanol–water partition coefficient (Wildman–Crippen LogP) is 2.56. The van der Waals surface area contributed by atoms with Crippen LogP contribution in [0.25, 0.3) is 11.6 Å². The van der Waals surface area contributed by atoms with E-state index in [1.54, 1.807) is 0 Å². The van der Waals surface area contributed by atoms with Gasteiger partial charge in [0.1, 0.15) is 11.6 Å². The summed E-state index contributed by atoms with van der Waals surface area (Å²) in [6, 6.07) is 8.62. The van der Waals surface area contributed by atoms with Gasteiger partial charge in [0, 0.05) is 17.9 Å². The molecule has 2 aromatic carbocycles. The zero-order valence-electron chi connectivity index (χ0n) is 12.0. The van der Waals surface area contributed by atoms with Gasteiger partial charge >= 0.3 is 5.97 Å². The van der Waals surface area contributed by atoms with Crippen LogP contribution in [0.2, 0.25) is 0 Å². The summed E-state index contributed by atoms with van der Waals surface area (Å²) >= 11 is 0. The third-order valence-corrected chi connectivity index (χ3v) is 4.24. The maximum Gasteiger partial charge on any atom is 0.336 e. The zero-order valence-corrected chi connectivity index (χ0v) is 12.8. The van der Waals surface area contributed by atoms with Crippen molar-refractivity contribution in [1.29, 1.82) is 0 Å². The number of aliphatic carboxylic acids is 1. The fraction of sp³-hybridized carbons (Fsp3) is 0.0625. The van der Waals surface area contributed by atoms with Crippen molar-refractivity contribution >= 4 is 27.5 Å². The van der Waals surface area contributed by atoms with E-state index in [-0.39, 0.29) is 27.3 Å². The molecule has 0 aliphatic carbocycles. The average molecular weight is 336 g/mol. The maximum atomic E-state index is 13.7. The summed E-state index contributed by atoms with van der Waals surface area (Å²) in [5.74, 6) is -2.32. The van der Waals surface area contributed by atoms with Gasteiger partial charge in [0.25, 0.3) is 0 Å². The van der Waals surface area contributed by atoms with Gasteiger partial charge in [-0.3, -0.25) is 0 Å². The minimum absolute atomic E-state index is 0.00705. The van der Waals surface area contributed by atoms with Gasteiger partial charge in [-0.05, 0) is 35.9 Å². The lowest BCUT2D eigenvalue weighted by Gasteiger charge is -2.06. The Hall–Kier alpha value is -2.67. The monoisotopic (exact) mass is 336 g/mol. The number of carbonyl (C=O) groups is 1. The van der Waals surface area contributed by atoms with Crippen molar-refractivity contribution in [2.24, 2.45) is 0 Å².